The van der Waals surface area contributed by atoms with Crippen LogP contribution in [0.25, 0.3) is 0 Å². The second-order valence-corrected chi connectivity index (χ2v) is 4.72. The molecule has 14 heavy (non-hydrogen) atoms. The van der Waals surface area contributed by atoms with Gasteiger partial charge in [-0.2, -0.15) is 0 Å². The summed E-state index contributed by atoms with van der Waals surface area (Å²) in [4.78, 5) is 0. The molecular weight excluding hydrogens is 217 g/mol. The van der Waals surface area contributed by atoms with Gasteiger partial charge in [0.2, 0.25) is 0 Å². The summed E-state index contributed by atoms with van der Waals surface area (Å²) in [5, 5.41) is 0.644. The highest BCUT2D eigenvalue weighted by Crippen LogP contribution is 2.12. The number of hydrogen-bond donors (Lipinski definition) is 1. The minimum Gasteiger partial charge on any atom is -0.314 e. The van der Waals surface area contributed by atoms with E-state index >= 15 is 0 Å². The summed E-state index contributed by atoms with van der Waals surface area (Å²) in [6, 6.07) is 0.858. The lowest BCUT2D eigenvalue weighted by Gasteiger charge is -1.99. The molecule has 0 spiro atoms. The van der Waals surface area contributed by atoms with Crippen molar-refractivity contribution >= 4 is 15.2 Å². The Balaban J connectivity index is 3.38. The van der Waals surface area contributed by atoms with Gasteiger partial charge < -0.3 is 4.55 Å². The Bertz CT molecular complexity index is 468. The Kier molecular flexibility index (Phi) is 2.86. The van der Waals surface area contributed by atoms with E-state index in [1.807, 2.05) is 0 Å². The Hall–Kier alpha value is -1.01. The van der Waals surface area contributed by atoms with Gasteiger partial charge >= 0.3 is 0 Å². The fourth-order valence-corrected chi connectivity index (χ4v) is 1.52. The maximum Gasteiger partial charge on any atom is 0.161 e. The van der Waals surface area contributed by atoms with E-state index in [4.69, 9.17) is 4.55 Å². The molecule has 0 aromatic heterocycles. The maximum atomic E-state index is 12.9. The van der Waals surface area contributed by atoms with Crippen LogP contribution >= 0.6 is 0 Å². The van der Waals surface area contributed by atoms with Crippen LogP contribution in [0.5, 0.6) is 0 Å². The first-order valence-electron chi connectivity index (χ1n) is 3.50. The van der Waals surface area contributed by atoms with Crippen molar-refractivity contribution in [1.82, 2.24) is 0 Å². The Labute approximate surface area is 79.2 Å². The SMILES string of the molecule is CS(=O)(O)=Cc1cc(F)c(F)cc1F. The molecule has 0 saturated heterocycles. The summed E-state index contributed by atoms with van der Waals surface area (Å²) < 4.78 is 57.6. The molecule has 0 heterocycles. The molecule has 0 bridgehead atoms. The first kappa shape index (κ1) is 11.1. The van der Waals surface area contributed by atoms with E-state index in [0.29, 0.717) is 17.5 Å². The van der Waals surface area contributed by atoms with E-state index in [1.165, 1.54) is 0 Å². The van der Waals surface area contributed by atoms with Crippen LogP contribution in [0.4, 0.5) is 13.2 Å². The Morgan fingerprint density at radius 1 is 1.21 bits per heavy atom. The van der Waals surface area contributed by atoms with E-state index in [-0.39, 0.29) is 0 Å². The maximum absolute atomic E-state index is 12.9. The zero-order valence-electron chi connectivity index (χ0n) is 7.13. The van der Waals surface area contributed by atoms with Crippen LogP contribution in [0, 0.1) is 17.5 Å². The highest BCUT2D eigenvalue weighted by atomic mass is 32.2. The highest BCUT2D eigenvalue weighted by Gasteiger charge is 2.09. The van der Waals surface area contributed by atoms with E-state index in [2.05, 4.69) is 0 Å². The molecule has 0 aliphatic rings. The first-order chi connectivity index (χ1) is 6.29. The number of hydrogen-bond acceptors (Lipinski definition) is 1. The van der Waals surface area contributed by atoms with Gasteiger partial charge in [0, 0.05) is 23.3 Å². The van der Waals surface area contributed by atoms with Crippen molar-refractivity contribution in [3.05, 3.63) is 35.1 Å². The van der Waals surface area contributed by atoms with Crippen molar-refractivity contribution < 1.29 is 21.9 Å². The number of rotatable bonds is 1. The third kappa shape index (κ3) is 2.74. The third-order valence-corrected chi connectivity index (χ3v) is 2.08. The average Bonchev–Trinajstić information content (AvgIpc) is 1.97. The van der Waals surface area contributed by atoms with Crippen LogP contribution in [-0.2, 0) is 9.80 Å². The van der Waals surface area contributed by atoms with Gasteiger partial charge in [0.1, 0.15) is 5.82 Å². The molecule has 0 amide bonds. The molecule has 6 heteroatoms. The first-order valence-corrected chi connectivity index (χ1v) is 5.49. The molecule has 0 radical (unpaired) electrons. The molecule has 1 unspecified atom stereocenters. The van der Waals surface area contributed by atoms with Gasteiger partial charge in [-0.15, -0.1) is 0 Å². The molecule has 1 aromatic rings. The Morgan fingerprint density at radius 2 is 1.71 bits per heavy atom. The van der Waals surface area contributed by atoms with Gasteiger partial charge in [0.05, 0.1) is 9.80 Å². The van der Waals surface area contributed by atoms with E-state index < -0.39 is 32.8 Å². The summed E-state index contributed by atoms with van der Waals surface area (Å²) >= 11 is 0. The highest BCUT2D eigenvalue weighted by molar-refractivity contribution is 7.95. The molecule has 0 aliphatic heterocycles. The molecule has 0 fully saturated rings. The smallest absolute Gasteiger partial charge is 0.161 e. The van der Waals surface area contributed by atoms with E-state index in [1.54, 1.807) is 0 Å². The van der Waals surface area contributed by atoms with Crippen LogP contribution in [0.2, 0.25) is 0 Å². The Morgan fingerprint density at radius 3 is 2.21 bits per heavy atom. The summed E-state index contributed by atoms with van der Waals surface area (Å²) in [6.45, 7) is 0. The topological polar surface area (TPSA) is 37.3 Å². The molecule has 1 atom stereocenters. The third-order valence-electron chi connectivity index (χ3n) is 1.39. The minimum absolute atomic E-state index is 0.326. The molecule has 0 saturated carbocycles. The molecule has 78 valence electrons. The van der Waals surface area contributed by atoms with Gasteiger partial charge in [-0.1, -0.05) is 0 Å². The van der Waals surface area contributed by atoms with Crippen molar-refractivity contribution in [1.29, 1.82) is 0 Å². The molecule has 0 aliphatic carbocycles. The van der Waals surface area contributed by atoms with Gasteiger partial charge in [0.25, 0.3) is 0 Å². The summed E-state index contributed by atoms with van der Waals surface area (Å²) in [7, 11) is -3.33. The zero-order valence-corrected chi connectivity index (χ0v) is 7.95. The van der Waals surface area contributed by atoms with Crippen molar-refractivity contribution in [2.45, 2.75) is 0 Å². The molecule has 2 nitrogen and oxygen atoms in total. The quantitative estimate of drug-likeness (QED) is 0.581. The molecular formula is C8H7F3O2S. The minimum atomic E-state index is -3.33. The fraction of sp³-hybridized carbons (Fsp3) is 0.125. The summed E-state index contributed by atoms with van der Waals surface area (Å²) in [5.41, 5.74) is -0.432. The standard InChI is InChI=1S/C8H7F3O2S/c1-14(12,13)4-5-2-7(10)8(11)3-6(5)9/h2-4H,1H3,(H,12,13). The van der Waals surface area contributed by atoms with Crippen molar-refractivity contribution in [2.24, 2.45) is 0 Å². The van der Waals surface area contributed by atoms with Crippen LogP contribution in [0.1, 0.15) is 5.56 Å². The normalized spacial score (nSPS) is 14.9. The van der Waals surface area contributed by atoms with Crippen molar-refractivity contribution in [2.75, 3.05) is 6.26 Å². The van der Waals surface area contributed by atoms with E-state index in [0.717, 1.165) is 6.26 Å². The van der Waals surface area contributed by atoms with Crippen LogP contribution in [-0.4, -0.2) is 20.4 Å². The second-order valence-electron chi connectivity index (χ2n) is 2.77. The lowest BCUT2D eigenvalue weighted by Crippen LogP contribution is -2.03. The lowest BCUT2D eigenvalue weighted by atomic mass is 10.2. The summed E-state index contributed by atoms with van der Waals surface area (Å²) in [5.74, 6) is -3.67. The van der Waals surface area contributed by atoms with Gasteiger partial charge in [0.15, 0.2) is 11.6 Å². The van der Waals surface area contributed by atoms with Crippen molar-refractivity contribution in [3.63, 3.8) is 0 Å². The molecule has 1 rings (SSSR count). The monoisotopic (exact) mass is 224 g/mol. The van der Waals surface area contributed by atoms with Gasteiger partial charge in [-0.3, -0.25) is 0 Å². The van der Waals surface area contributed by atoms with Crippen LogP contribution in [0.15, 0.2) is 12.1 Å². The number of halogens is 3. The lowest BCUT2D eigenvalue weighted by molar-refractivity contribution is 0.494. The van der Waals surface area contributed by atoms with Gasteiger partial charge in [-0.05, 0) is 6.07 Å². The molecule has 1 aromatic carbocycles. The van der Waals surface area contributed by atoms with Crippen LogP contribution < -0.4 is 0 Å². The fourth-order valence-electron chi connectivity index (χ4n) is 0.864. The zero-order chi connectivity index (χ0) is 10.9. The average molecular weight is 224 g/mol. The summed E-state index contributed by atoms with van der Waals surface area (Å²) in [6.07, 6.45) is 0.938. The predicted octanol–water partition coefficient (Wildman–Crippen LogP) is 1.64. The second kappa shape index (κ2) is 3.62. The molecule has 1 N–H and O–H groups in total. The van der Waals surface area contributed by atoms with E-state index in [9.17, 15) is 17.4 Å². The number of benzene rings is 1. The van der Waals surface area contributed by atoms with Crippen molar-refractivity contribution in [3.8, 4) is 0 Å². The van der Waals surface area contributed by atoms with Gasteiger partial charge in [-0.25, -0.2) is 17.4 Å². The van der Waals surface area contributed by atoms with Crippen LogP contribution in [0.3, 0.4) is 0 Å². The predicted molar refractivity (Wildman–Crippen MR) is 48.2 cm³/mol. The largest absolute Gasteiger partial charge is 0.314 e.